The van der Waals surface area contributed by atoms with Gasteiger partial charge in [-0.15, -0.1) is 0 Å². The molecule has 0 fully saturated rings. The maximum atomic E-state index is 12.4. The number of methoxy groups -OCH3 is 1. The molecule has 0 aliphatic carbocycles. The van der Waals surface area contributed by atoms with Gasteiger partial charge in [-0.05, 0) is 48.7 Å². The highest BCUT2D eigenvalue weighted by Crippen LogP contribution is 2.16. The Morgan fingerprint density at radius 1 is 1.00 bits per heavy atom. The Morgan fingerprint density at radius 2 is 1.68 bits per heavy atom. The summed E-state index contributed by atoms with van der Waals surface area (Å²) in [5, 5.41) is 2.74. The van der Waals surface area contributed by atoms with Crippen LogP contribution < -0.4 is 14.8 Å². The lowest BCUT2D eigenvalue weighted by atomic mass is 10.0. The molecular formula is C22H27NO5. The van der Waals surface area contributed by atoms with Gasteiger partial charge in [0.15, 0.2) is 0 Å². The van der Waals surface area contributed by atoms with E-state index >= 15 is 0 Å². The molecule has 2 aromatic carbocycles. The normalized spacial score (nSPS) is 11.6. The highest BCUT2D eigenvalue weighted by Gasteiger charge is 2.26. The molecule has 0 bridgehead atoms. The lowest BCUT2D eigenvalue weighted by Crippen LogP contribution is -2.45. The van der Waals surface area contributed by atoms with Crippen molar-refractivity contribution in [1.29, 1.82) is 0 Å². The summed E-state index contributed by atoms with van der Waals surface area (Å²) in [7, 11) is 1.56. The lowest BCUT2D eigenvalue weighted by molar-refractivity contribution is -0.147. The second kappa shape index (κ2) is 10.3. The van der Waals surface area contributed by atoms with Gasteiger partial charge in [0.05, 0.1) is 7.11 Å². The second-order valence-corrected chi connectivity index (χ2v) is 6.71. The minimum absolute atomic E-state index is 0.106. The van der Waals surface area contributed by atoms with E-state index in [0.29, 0.717) is 11.3 Å². The van der Waals surface area contributed by atoms with Gasteiger partial charge < -0.3 is 19.5 Å². The van der Waals surface area contributed by atoms with Gasteiger partial charge in [0, 0.05) is 5.56 Å². The van der Waals surface area contributed by atoms with Crippen molar-refractivity contribution in [2.75, 3.05) is 20.3 Å². The van der Waals surface area contributed by atoms with Crippen LogP contribution in [-0.2, 0) is 9.53 Å². The van der Waals surface area contributed by atoms with Crippen LogP contribution in [0.25, 0.3) is 0 Å². The average molecular weight is 385 g/mol. The number of ether oxygens (including phenoxy) is 3. The minimum Gasteiger partial charge on any atom is -0.497 e. The largest absolute Gasteiger partial charge is 0.497 e. The van der Waals surface area contributed by atoms with E-state index in [1.54, 1.807) is 31.4 Å². The quantitative estimate of drug-likeness (QED) is 0.529. The van der Waals surface area contributed by atoms with E-state index in [1.165, 1.54) is 0 Å². The van der Waals surface area contributed by atoms with Crippen LogP contribution in [0.3, 0.4) is 0 Å². The topological polar surface area (TPSA) is 73.9 Å². The van der Waals surface area contributed by atoms with Crippen molar-refractivity contribution in [2.45, 2.75) is 26.8 Å². The number of benzene rings is 2. The van der Waals surface area contributed by atoms with Crippen molar-refractivity contribution in [2.24, 2.45) is 5.92 Å². The molecule has 0 aromatic heterocycles. The third-order valence-corrected chi connectivity index (χ3v) is 4.24. The molecule has 28 heavy (non-hydrogen) atoms. The van der Waals surface area contributed by atoms with Crippen LogP contribution in [0.5, 0.6) is 11.5 Å². The molecule has 0 unspecified atom stereocenters. The average Bonchev–Trinajstić information content (AvgIpc) is 2.70. The fraction of sp³-hybridized carbons (Fsp3) is 0.364. The molecule has 0 aliphatic rings. The third kappa shape index (κ3) is 6.01. The van der Waals surface area contributed by atoms with Crippen molar-refractivity contribution >= 4 is 11.9 Å². The number of carbonyl (C=O) groups is 2. The monoisotopic (exact) mass is 385 g/mol. The minimum atomic E-state index is -0.743. The summed E-state index contributed by atoms with van der Waals surface area (Å²) in [4.78, 5) is 24.8. The third-order valence-electron chi connectivity index (χ3n) is 4.24. The number of hydrogen-bond donors (Lipinski definition) is 1. The number of carbonyl (C=O) groups excluding carboxylic acids is 2. The number of nitrogens with one attached hydrogen (secondary N) is 1. The van der Waals surface area contributed by atoms with Gasteiger partial charge in [-0.1, -0.05) is 32.0 Å². The molecule has 2 aromatic rings. The Hall–Kier alpha value is -3.02. The first-order valence-electron chi connectivity index (χ1n) is 9.22. The van der Waals surface area contributed by atoms with Crippen LogP contribution >= 0.6 is 0 Å². The molecule has 1 atom stereocenters. The fourth-order valence-corrected chi connectivity index (χ4v) is 2.57. The Kier molecular flexibility index (Phi) is 7.87. The molecule has 2 rings (SSSR count). The predicted molar refractivity (Wildman–Crippen MR) is 107 cm³/mol. The van der Waals surface area contributed by atoms with Crippen molar-refractivity contribution in [1.82, 2.24) is 5.32 Å². The number of para-hydroxylation sites is 1. The van der Waals surface area contributed by atoms with E-state index in [0.717, 1.165) is 11.3 Å². The molecule has 0 aliphatic heterocycles. The van der Waals surface area contributed by atoms with E-state index in [4.69, 9.17) is 14.2 Å². The van der Waals surface area contributed by atoms with E-state index < -0.39 is 12.0 Å². The molecular weight excluding hydrogens is 358 g/mol. The van der Waals surface area contributed by atoms with Crippen LogP contribution in [0.2, 0.25) is 0 Å². The van der Waals surface area contributed by atoms with Gasteiger partial charge in [-0.3, -0.25) is 4.79 Å². The van der Waals surface area contributed by atoms with Crippen LogP contribution in [0.15, 0.2) is 48.5 Å². The molecule has 0 saturated heterocycles. The number of rotatable bonds is 9. The van der Waals surface area contributed by atoms with Gasteiger partial charge in [0.25, 0.3) is 5.91 Å². The summed E-state index contributed by atoms with van der Waals surface area (Å²) in [5.41, 5.74) is 1.46. The molecule has 0 spiro atoms. The van der Waals surface area contributed by atoms with Gasteiger partial charge in [-0.2, -0.15) is 0 Å². The van der Waals surface area contributed by atoms with Gasteiger partial charge in [-0.25, -0.2) is 4.79 Å². The molecule has 6 nitrogen and oxygen atoms in total. The molecule has 6 heteroatoms. The Morgan fingerprint density at radius 3 is 2.29 bits per heavy atom. The summed E-state index contributed by atoms with van der Waals surface area (Å²) >= 11 is 0. The predicted octanol–water partition coefficient (Wildman–Crippen LogP) is 3.38. The van der Waals surface area contributed by atoms with Crippen molar-refractivity contribution in [3.63, 3.8) is 0 Å². The molecule has 0 saturated carbocycles. The maximum absolute atomic E-state index is 12.4. The summed E-state index contributed by atoms with van der Waals surface area (Å²) in [6.45, 7) is 6.00. The number of aryl methyl sites for hydroxylation is 1. The first kappa shape index (κ1) is 21.3. The number of amides is 1. The lowest BCUT2D eigenvalue weighted by Gasteiger charge is -2.21. The van der Waals surface area contributed by atoms with Crippen molar-refractivity contribution in [3.8, 4) is 11.5 Å². The Balaban J connectivity index is 1.86. The van der Waals surface area contributed by atoms with Gasteiger partial charge in [0.1, 0.15) is 30.8 Å². The summed E-state index contributed by atoms with van der Waals surface area (Å²) in [6.07, 6.45) is 0. The summed E-state index contributed by atoms with van der Waals surface area (Å²) < 4.78 is 16.0. The van der Waals surface area contributed by atoms with E-state index in [1.807, 2.05) is 45.0 Å². The highest BCUT2D eigenvalue weighted by atomic mass is 16.6. The van der Waals surface area contributed by atoms with Crippen molar-refractivity contribution in [3.05, 3.63) is 59.7 Å². The highest BCUT2D eigenvalue weighted by molar-refractivity contribution is 5.96. The second-order valence-electron chi connectivity index (χ2n) is 6.71. The van der Waals surface area contributed by atoms with Crippen LogP contribution in [-0.4, -0.2) is 38.2 Å². The Labute approximate surface area is 165 Å². The number of esters is 1. The maximum Gasteiger partial charge on any atom is 0.329 e. The van der Waals surface area contributed by atoms with E-state index in [2.05, 4.69) is 5.32 Å². The zero-order valence-electron chi connectivity index (χ0n) is 16.7. The smallest absolute Gasteiger partial charge is 0.329 e. The van der Waals surface area contributed by atoms with E-state index in [9.17, 15) is 9.59 Å². The number of hydrogen-bond acceptors (Lipinski definition) is 5. The first-order chi connectivity index (χ1) is 13.4. The zero-order valence-corrected chi connectivity index (χ0v) is 16.7. The van der Waals surface area contributed by atoms with Crippen molar-refractivity contribution < 1.29 is 23.8 Å². The molecule has 1 N–H and O–H groups in total. The first-order valence-corrected chi connectivity index (χ1v) is 9.22. The summed E-state index contributed by atoms with van der Waals surface area (Å²) in [6, 6.07) is 13.6. The van der Waals surface area contributed by atoms with E-state index in [-0.39, 0.29) is 25.0 Å². The Bertz CT molecular complexity index is 786. The molecule has 1 amide bonds. The molecule has 0 heterocycles. The van der Waals surface area contributed by atoms with Crippen LogP contribution in [0.1, 0.15) is 29.8 Å². The molecule has 0 radical (unpaired) electrons. The standard InChI is InChI=1S/C22H27NO5/c1-15(2)20(23-21(24)17-9-11-18(26-4)12-10-17)22(25)28-14-13-27-19-8-6-5-7-16(19)3/h5-12,15,20H,13-14H2,1-4H3,(H,23,24)/t20-/m1/s1. The molecule has 150 valence electrons. The van der Waals surface area contributed by atoms with Gasteiger partial charge >= 0.3 is 5.97 Å². The summed E-state index contributed by atoms with van der Waals surface area (Å²) in [5.74, 6) is 0.475. The van der Waals surface area contributed by atoms with Crippen LogP contribution in [0.4, 0.5) is 0 Å². The van der Waals surface area contributed by atoms with Gasteiger partial charge in [0.2, 0.25) is 0 Å². The van der Waals surface area contributed by atoms with Crippen LogP contribution in [0, 0.1) is 12.8 Å². The fourth-order valence-electron chi connectivity index (χ4n) is 2.57. The zero-order chi connectivity index (χ0) is 20.5. The SMILES string of the molecule is COc1ccc(C(=O)N[C@@H](C(=O)OCCOc2ccccc2C)C(C)C)cc1.